The van der Waals surface area contributed by atoms with Crippen LogP contribution < -0.4 is 10.5 Å². The van der Waals surface area contributed by atoms with E-state index in [0.29, 0.717) is 13.2 Å². The molecule has 3 nitrogen and oxygen atoms in total. The zero-order valence-electron chi connectivity index (χ0n) is 13.2. The van der Waals surface area contributed by atoms with E-state index in [0.717, 1.165) is 37.5 Å². The maximum absolute atomic E-state index is 6.15. The Morgan fingerprint density at radius 2 is 1.86 bits per heavy atom. The van der Waals surface area contributed by atoms with Crippen molar-refractivity contribution in [1.29, 1.82) is 0 Å². The van der Waals surface area contributed by atoms with Gasteiger partial charge in [0.1, 0.15) is 5.75 Å². The van der Waals surface area contributed by atoms with Crippen LogP contribution in [0.25, 0.3) is 0 Å². The molecule has 1 aliphatic carbocycles. The number of ether oxygens (including phenoxy) is 2. The lowest BCUT2D eigenvalue weighted by Gasteiger charge is -2.39. The highest BCUT2D eigenvalue weighted by molar-refractivity contribution is 5.20. The zero-order chi connectivity index (χ0) is 15.0. The topological polar surface area (TPSA) is 44.5 Å². The van der Waals surface area contributed by atoms with Crippen molar-refractivity contribution in [2.75, 3.05) is 19.8 Å². The van der Waals surface area contributed by atoms with Crippen molar-refractivity contribution in [3.05, 3.63) is 30.3 Å². The molecule has 1 aromatic carbocycles. The van der Waals surface area contributed by atoms with Gasteiger partial charge in [-0.2, -0.15) is 0 Å². The Balaban J connectivity index is 1.65. The Hall–Kier alpha value is -1.06. The van der Waals surface area contributed by atoms with Crippen LogP contribution in [0.1, 0.15) is 45.4 Å². The predicted molar refractivity (Wildman–Crippen MR) is 86.5 cm³/mol. The van der Waals surface area contributed by atoms with Crippen LogP contribution in [0.15, 0.2) is 30.3 Å². The monoisotopic (exact) mass is 291 g/mol. The van der Waals surface area contributed by atoms with Crippen LogP contribution in [0, 0.1) is 5.92 Å². The lowest BCUT2D eigenvalue weighted by Crippen LogP contribution is -2.44. The summed E-state index contributed by atoms with van der Waals surface area (Å²) in [6, 6.07) is 9.93. The minimum Gasteiger partial charge on any atom is -0.494 e. The van der Waals surface area contributed by atoms with Crippen LogP contribution in [-0.2, 0) is 4.74 Å². The van der Waals surface area contributed by atoms with Crippen LogP contribution in [0.5, 0.6) is 5.75 Å². The fourth-order valence-electron chi connectivity index (χ4n) is 3.07. The minimum atomic E-state index is -0.0710. The third kappa shape index (κ3) is 5.01. The number of rotatable bonds is 8. The number of hydrogen-bond donors (Lipinski definition) is 1. The maximum atomic E-state index is 6.15. The van der Waals surface area contributed by atoms with Gasteiger partial charge in [-0.1, -0.05) is 31.5 Å². The van der Waals surface area contributed by atoms with Crippen molar-refractivity contribution in [3.8, 4) is 5.75 Å². The highest BCUT2D eigenvalue weighted by atomic mass is 16.5. The van der Waals surface area contributed by atoms with E-state index in [1.165, 1.54) is 19.3 Å². The third-order valence-electron chi connectivity index (χ3n) is 4.67. The second kappa shape index (κ2) is 8.40. The molecule has 0 aromatic heterocycles. The largest absolute Gasteiger partial charge is 0.494 e. The SMILES string of the molecule is CCC1CCC(CN)(OCCCOc2ccccc2)CC1. The van der Waals surface area contributed by atoms with Crippen molar-refractivity contribution < 1.29 is 9.47 Å². The fraction of sp³-hybridized carbons (Fsp3) is 0.667. The van der Waals surface area contributed by atoms with Gasteiger partial charge in [0.25, 0.3) is 0 Å². The van der Waals surface area contributed by atoms with Gasteiger partial charge in [-0.15, -0.1) is 0 Å². The fourth-order valence-corrected chi connectivity index (χ4v) is 3.07. The Labute approximate surface area is 128 Å². The van der Waals surface area contributed by atoms with E-state index in [4.69, 9.17) is 15.2 Å². The highest BCUT2D eigenvalue weighted by Crippen LogP contribution is 2.35. The standard InChI is InChI=1S/C18H29NO2/c1-2-16-9-11-18(15-19,12-10-16)21-14-6-13-20-17-7-4-3-5-8-17/h3-5,7-8,16H,2,6,9-15,19H2,1H3. The number of benzene rings is 1. The van der Waals surface area contributed by atoms with E-state index in [-0.39, 0.29) is 5.60 Å². The summed E-state index contributed by atoms with van der Waals surface area (Å²) in [5.41, 5.74) is 5.90. The average molecular weight is 291 g/mol. The van der Waals surface area contributed by atoms with Gasteiger partial charge in [-0.05, 0) is 43.7 Å². The Bertz CT molecular complexity index is 385. The van der Waals surface area contributed by atoms with Crippen molar-refractivity contribution in [1.82, 2.24) is 0 Å². The van der Waals surface area contributed by atoms with Crippen LogP contribution in [-0.4, -0.2) is 25.4 Å². The molecule has 118 valence electrons. The molecular formula is C18H29NO2. The predicted octanol–water partition coefficient (Wildman–Crippen LogP) is 3.77. The van der Waals surface area contributed by atoms with Crippen molar-refractivity contribution in [3.63, 3.8) is 0 Å². The normalized spacial score (nSPS) is 25.7. The maximum Gasteiger partial charge on any atom is 0.119 e. The average Bonchev–Trinajstić information content (AvgIpc) is 2.56. The Morgan fingerprint density at radius 1 is 1.14 bits per heavy atom. The van der Waals surface area contributed by atoms with E-state index < -0.39 is 0 Å². The van der Waals surface area contributed by atoms with Gasteiger partial charge in [-0.3, -0.25) is 0 Å². The van der Waals surface area contributed by atoms with E-state index in [1.807, 2.05) is 30.3 Å². The molecule has 0 aliphatic heterocycles. The van der Waals surface area contributed by atoms with Crippen molar-refractivity contribution in [2.24, 2.45) is 11.7 Å². The summed E-state index contributed by atoms with van der Waals surface area (Å²) in [4.78, 5) is 0. The lowest BCUT2D eigenvalue weighted by molar-refractivity contribution is -0.0740. The zero-order valence-corrected chi connectivity index (χ0v) is 13.2. The van der Waals surface area contributed by atoms with Gasteiger partial charge < -0.3 is 15.2 Å². The van der Waals surface area contributed by atoms with Crippen molar-refractivity contribution >= 4 is 0 Å². The summed E-state index contributed by atoms with van der Waals surface area (Å²) in [5.74, 6) is 1.80. The smallest absolute Gasteiger partial charge is 0.119 e. The first-order valence-corrected chi connectivity index (χ1v) is 8.30. The summed E-state index contributed by atoms with van der Waals surface area (Å²) >= 11 is 0. The summed E-state index contributed by atoms with van der Waals surface area (Å²) in [7, 11) is 0. The third-order valence-corrected chi connectivity index (χ3v) is 4.67. The summed E-state index contributed by atoms with van der Waals surface area (Å²) < 4.78 is 11.8. The van der Waals surface area contributed by atoms with E-state index in [2.05, 4.69) is 6.92 Å². The molecular weight excluding hydrogens is 262 g/mol. The molecule has 0 radical (unpaired) electrons. The van der Waals surface area contributed by atoms with Gasteiger partial charge in [0.15, 0.2) is 0 Å². The number of hydrogen-bond acceptors (Lipinski definition) is 3. The van der Waals surface area contributed by atoms with Crippen LogP contribution in [0.4, 0.5) is 0 Å². The molecule has 1 aromatic rings. The van der Waals surface area contributed by atoms with Gasteiger partial charge in [-0.25, -0.2) is 0 Å². The lowest BCUT2D eigenvalue weighted by atomic mass is 9.77. The molecule has 3 heteroatoms. The van der Waals surface area contributed by atoms with Gasteiger partial charge in [0.2, 0.25) is 0 Å². The molecule has 0 saturated heterocycles. The van der Waals surface area contributed by atoms with Crippen molar-refractivity contribution in [2.45, 2.75) is 51.0 Å². The van der Waals surface area contributed by atoms with Gasteiger partial charge >= 0.3 is 0 Å². The molecule has 0 heterocycles. The first kappa shape index (κ1) is 16.3. The number of para-hydroxylation sites is 1. The highest BCUT2D eigenvalue weighted by Gasteiger charge is 2.34. The molecule has 1 aliphatic rings. The summed E-state index contributed by atoms with van der Waals surface area (Å²) in [6.07, 6.45) is 6.94. The molecule has 0 bridgehead atoms. The second-order valence-electron chi connectivity index (χ2n) is 6.10. The molecule has 0 atom stereocenters. The van der Waals surface area contributed by atoms with E-state index in [9.17, 15) is 0 Å². The summed E-state index contributed by atoms with van der Waals surface area (Å²) in [5, 5.41) is 0. The molecule has 2 N–H and O–H groups in total. The minimum absolute atomic E-state index is 0.0710. The van der Waals surface area contributed by atoms with Crippen LogP contribution in [0.2, 0.25) is 0 Å². The molecule has 1 saturated carbocycles. The van der Waals surface area contributed by atoms with E-state index >= 15 is 0 Å². The Kier molecular flexibility index (Phi) is 6.52. The molecule has 21 heavy (non-hydrogen) atoms. The molecule has 0 spiro atoms. The summed E-state index contributed by atoms with van der Waals surface area (Å²) in [6.45, 7) is 4.36. The van der Waals surface area contributed by atoms with Crippen LogP contribution >= 0.6 is 0 Å². The molecule has 0 amide bonds. The van der Waals surface area contributed by atoms with Gasteiger partial charge in [0.05, 0.1) is 18.8 Å². The Morgan fingerprint density at radius 3 is 2.48 bits per heavy atom. The first-order chi connectivity index (χ1) is 10.3. The van der Waals surface area contributed by atoms with Gasteiger partial charge in [0, 0.05) is 13.0 Å². The first-order valence-electron chi connectivity index (χ1n) is 8.30. The molecule has 1 fully saturated rings. The molecule has 0 unspecified atom stereocenters. The van der Waals surface area contributed by atoms with Crippen LogP contribution in [0.3, 0.4) is 0 Å². The number of nitrogens with two attached hydrogens (primary N) is 1. The van der Waals surface area contributed by atoms with E-state index in [1.54, 1.807) is 0 Å². The second-order valence-corrected chi connectivity index (χ2v) is 6.10. The quantitative estimate of drug-likeness (QED) is 0.742. The molecule has 2 rings (SSSR count).